The van der Waals surface area contributed by atoms with E-state index in [-0.39, 0.29) is 18.4 Å². The highest BCUT2D eigenvalue weighted by Gasteiger charge is 2.11. The lowest BCUT2D eigenvalue weighted by Crippen LogP contribution is -2.30. The van der Waals surface area contributed by atoms with E-state index in [0.717, 1.165) is 13.1 Å². The Morgan fingerprint density at radius 2 is 1.75 bits per heavy atom. The van der Waals surface area contributed by atoms with Gasteiger partial charge in [0, 0.05) is 27.2 Å². The molecule has 1 amide bonds. The monoisotopic (exact) mass is 282 g/mol. The number of amides is 1. The molecule has 0 saturated heterocycles. The van der Waals surface area contributed by atoms with E-state index in [9.17, 15) is 4.79 Å². The molecule has 0 aromatic carbocycles. The molecular formula is C11H22N8O. The van der Waals surface area contributed by atoms with E-state index in [2.05, 4.69) is 25.7 Å². The molecule has 1 aromatic rings. The largest absolute Gasteiger partial charge is 0.347 e. The van der Waals surface area contributed by atoms with E-state index in [1.807, 2.05) is 18.7 Å². The smallest absolute Gasteiger partial charge is 0.243 e. The normalized spacial score (nSPS) is 10.1. The van der Waals surface area contributed by atoms with Gasteiger partial charge in [0.05, 0.1) is 6.54 Å². The van der Waals surface area contributed by atoms with Crippen molar-refractivity contribution in [2.75, 3.05) is 49.4 Å². The Morgan fingerprint density at radius 1 is 1.15 bits per heavy atom. The van der Waals surface area contributed by atoms with E-state index in [1.165, 1.54) is 4.90 Å². The third-order valence-corrected chi connectivity index (χ3v) is 2.70. The molecule has 9 heteroatoms. The number of nitrogens with zero attached hydrogens (tertiary/aromatic N) is 5. The maximum absolute atomic E-state index is 11.5. The highest BCUT2D eigenvalue weighted by molar-refractivity contribution is 5.79. The molecule has 0 unspecified atom stereocenters. The van der Waals surface area contributed by atoms with Crippen LogP contribution in [0.3, 0.4) is 0 Å². The molecule has 1 heterocycles. The zero-order chi connectivity index (χ0) is 15.1. The number of anilines is 3. The Labute approximate surface area is 118 Å². The summed E-state index contributed by atoms with van der Waals surface area (Å²) >= 11 is 0. The van der Waals surface area contributed by atoms with Gasteiger partial charge in [-0.2, -0.15) is 15.0 Å². The third kappa shape index (κ3) is 4.19. The van der Waals surface area contributed by atoms with Crippen molar-refractivity contribution >= 4 is 23.8 Å². The van der Waals surface area contributed by atoms with Crippen LogP contribution >= 0.6 is 0 Å². The second-order valence-electron chi connectivity index (χ2n) is 4.24. The van der Waals surface area contributed by atoms with Gasteiger partial charge < -0.3 is 15.1 Å². The van der Waals surface area contributed by atoms with E-state index in [4.69, 9.17) is 5.84 Å². The van der Waals surface area contributed by atoms with Gasteiger partial charge in [0.2, 0.25) is 23.8 Å². The minimum absolute atomic E-state index is 0.0722. The van der Waals surface area contributed by atoms with Gasteiger partial charge in [0.1, 0.15) is 0 Å². The van der Waals surface area contributed by atoms with Crippen molar-refractivity contribution in [3.8, 4) is 0 Å². The molecule has 0 aliphatic heterocycles. The second kappa shape index (κ2) is 7.43. The number of hydrazine groups is 1. The minimum atomic E-state index is -0.0722. The summed E-state index contributed by atoms with van der Waals surface area (Å²) in [4.78, 5) is 27.5. The molecule has 0 aliphatic carbocycles. The first-order valence-corrected chi connectivity index (χ1v) is 6.43. The first kappa shape index (κ1) is 15.9. The van der Waals surface area contributed by atoms with Gasteiger partial charge in [-0.15, -0.1) is 0 Å². The van der Waals surface area contributed by atoms with Gasteiger partial charge in [-0.05, 0) is 13.8 Å². The van der Waals surface area contributed by atoms with Crippen molar-refractivity contribution in [1.29, 1.82) is 0 Å². The Kier molecular flexibility index (Phi) is 5.91. The summed E-state index contributed by atoms with van der Waals surface area (Å²) in [7, 11) is 3.37. The average molecular weight is 282 g/mol. The lowest BCUT2D eigenvalue weighted by atomic mass is 10.5. The molecule has 112 valence electrons. The van der Waals surface area contributed by atoms with E-state index in [1.54, 1.807) is 14.1 Å². The van der Waals surface area contributed by atoms with Crippen LogP contribution in [0, 0.1) is 0 Å². The fraction of sp³-hybridized carbons (Fsp3) is 0.636. The van der Waals surface area contributed by atoms with Crippen LogP contribution < -0.4 is 21.5 Å². The van der Waals surface area contributed by atoms with Crippen molar-refractivity contribution < 1.29 is 4.79 Å². The van der Waals surface area contributed by atoms with Crippen molar-refractivity contribution in [3.63, 3.8) is 0 Å². The fourth-order valence-corrected chi connectivity index (χ4v) is 1.47. The molecule has 0 radical (unpaired) electrons. The van der Waals surface area contributed by atoms with Gasteiger partial charge in [0.25, 0.3) is 0 Å². The number of carbonyl (C=O) groups is 1. The fourth-order valence-electron chi connectivity index (χ4n) is 1.47. The Morgan fingerprint density at radius 3 is 2.25 bits per heavy atom. The Balaban J connectivity index is 2.90. The lowest BCUT2D eigenvalue weighted by molar-refractivity contribution is -0.126. The van der Waals surface area contributed by atoms with E-state index < -0.39 is 0 Å². The van der Waals surface area contributed by atoms with Gasteiger partial charge in [-0.1, -0.05) is 0 Å². The van der Waals surface area contributed by atoms with Gasteiger partial charge in [-0.25, -0.2) is 5.84 Å². The number of rotatable bonds is 7. The highest BCUT2D eigenvalue weighted by Crippen LogP contribution is 2.12. The molecule has 9 nitrogen and oxygen atoms in total. The summed E-state index contributed by atoms with van der Waals surface area (Å²) in [5.74, 6) is 6.35. The average Bonchev–Trinajstić information content (AvgIpc) is 2.45. The predicted molar refractivity (Wildman–Crippen MR) is 78.4 cm³/mol. The third-order valence-electron chi connectivity index (χ3n) is 2.70. The molecule has 0 aliphatic rings. The molecule has 0 bridgehead atoms. The number of aromatic nitrogens is 3. The number of nitrogens with two attached hydrogens (primary N) is 1. The summed E-state index contributed by atoms with van der Waals surface area (Å²) in [6.45, 7) is 5.65. The number of hydrogen-bond acceptors (Lipinski definition) is 8. The first-order valence-electron chi connectivity index (χ1n) is 6.43. The number of hydrogen-bond donors (Lipinski definition) is 3. The quantitative estimate of drug-likeness (QED) is 0.453. The van der Waals surface area contributed by atoms with Crippen molar-refractivity contribution in [3.05, 3.63) is 0 Å². The van der Waals surface area contributed by atoms with Crippen LogP contribution in [0.15, 0.2) is 0 Å². The summed E-state index contributed by atoms with van der Waals surface area (Å²) in [5.41, 5.74) is 2.40. The summed E-state index contributed by atoms with van der Waals surface area (Å²) < 4.78 is 0. The number of carbonyl (C=O) groups excluding carboxylic acids is 1. The van der Waals surface area contributed by atoms with Crippen molar-refractivity contribution in [2.24, 2.45) is 5.84 Å². The number of nitrogens with one attached hydrogen (secondary N) is 2. The SMILES string of the molecule is CCN(CC)c1nc(NN)nc(NCC(=O)N(C)C)n1. The number of nitrogen functional groups attached to an aromatic ring is 1. The zero-order valence-corrected chi connectivity index (χ0v) is 12.3. The van der Waals surface area contributed by atoms with Crippen LogP contribution in [0.1, 0.15) is 13.8 Å². The maximum Gasteiger partial charge on any atom is 0.243 e. The standard InChI is InChI=1S/C11H22N8O/c1-5-19(6-2)11-15-9(14-10(16-11)17-12)13-7-8(20)18(3)4/h5-7,12H2,1-4H3,(H2,13,14,15,16,17). The maximum atomic E-state index is 11.5. The first-order chi connectivity index (χ1) is 9.51. The molecule has 1 aromatic heterocycles. The zero-order valence-electron chi connectivity index (χ0n) is 12.3. The van der Waals surface area contributed by atoms with Gasteiger partial charge in [-0.3, -0.25) is 10.2 Å². The van der Waals surface area contributed by atoms with Crippen molar-refractivity contribution in [2.45, 2.75) is 13.8 Å². The van der Waals surface area contributed by atoms with Crippen LogP contribution in [0.25, 0.3) is 0 Å². The topological polar surface area (TPSA) is 112 Å². The van der Waals surface area contributed by atoms with Gasteiger partial charge in [0.15, 0.2) is 0 Å². The summed E-state index contributed by atoms with van der Waals surface area (Å²) in [6.07, 6.45) is 0. The molecule has 0 spiro atoms. The van der Waals surface area contributed by atoms with Crippen LogP contribution in [-0.2, 0) is 4.79 Å². The van der Waals surface area contributed by atoms with Crippen LogP contribution in [-0.4, -0.2) is 59.5 Å². The van der Waals surface area contributed by atoms with Crippen LogP contribution in [0.5, 0.6) is 0 Å². The summed E-state index contributed by atoms with van der Waals surface area (Å²) in [6, 6.07) is 0. The molecule has 0 atom stereocenters. The summed E-state index contributed by atoms with van der Waals surface area (Å²) in [5, 5.41) is 2.87. The molecule has 20 heavy (non-hydrogen) atoms. The number of likely N-dealkylation sites (N-methyl/N-ethyl adjacent to an activating group) is 1. The second-order valence-corrected chi connectivity index (χ2v) is 4.24. The molecule has 1 rings (SSSR count). The Hall–Kier alpha value is -2.16. The molecule has 4 N–H and O–H groups in total. The molecule has 0 saturated carbocycles. The minimum Gasteiger partial charge on any atom is -0.347 e. The predicted octanol–water partition coefficient (Wildman–Crippen LogP) is -0.496. The Bertz CT molecular complexity index is 446. The van der Waals surface area contributed by atoms with E-state index in [0.29, 0.717) is 11.9 Å². The van der Waals surface area contributed by atoms with Crippen LogP contribution in [0.4, 0.5) is 17.8 Å². The van der Waals surface area contributed by atoms with Gasteiger partial charge >= 0.3 is 0 Å². The lowest BCUT2D eigenvalue weighted by Gasteiger charge is -2.19. The highest BCUT2D eigenvalue weighted by atomic mass is 16.2. The molecular weight excluding hydrogens is 260 g/mol. The van der Waals surface area contributed by atoms with Crippen LogP contribution in [0.2, 0.25) is 0 Å². The van der Waals surface area contributed by atoms with E-state index >= 15 is 0 Å². The molecule has 0 fully saturated rings. The van der Waals surface area contributed by atoms with Crippen molar-refractivity contribution in [1.82, 2.24) is 19.9 Å².